The summed E-state index contributed by atoms with van der Waals surface area (Å²) in [7, 11) is 4.33. The summed E-state index contributed by atoms with van der Waals surface area (Å²) < 4.78 is 5.95. The summed E-state index contributed by atoms with van der Waals surface area (Å²) in [5.41, 5.74) is 2.41. The van der Waals surface area contributed by atoms with Gasteiger partial charge in [-0.2, -0.15) is 0 Å². The zero-order valence-electron chi connectivity index (χ0n) is 23.8. The number of urea groups is 1. The molecule has 0 bridgehead atoms. The van der Waals surface area contributed by atoms with Gasteiger partial charge in [0.05, 0.1) is 0 Å². The molecule has 2 aromatic carbocycles. The maximum atomic E-state index is 12.3. The van der Waals surface area contributed by atoms with Gasteiger partial charge in [0.15, 0.2) is 5.84 Å². The Morgan fingerprint density at radius 3 is 2.21 bits per heavy atom. The van der Waals surface area contributed by atoms with E-state index in [9.17, 15) is 4.79 Å². The Kier molecular flexibility index (Phi) is 9.50. The monoisotopic (exact) mass is 531 g/mol. The fraction of sp³-hybridized carbons (Fsp3) is 0.484. The Hall–Kier alpha value is -3.54. The van der Waals surface area contributed by atoms with Crippen LogP contribution in [0.4, 0.5) is 10.5 Å². The van der Waals surface area contributed by atoms with Gasteiger partial charge in [-0.15, -0.1) is 0 Å². The molecule has 2 aromatic rings. The molecule has 208 valence electrons. The largest absolute Gasteiger partial charge is 0.492 e. The van der Waals surface area contributed by atoms with Gasteiger partial charge in [0.2, 0.25) is 0 Å². The number of carbonyl (C=O) groups is 1. The van der Waals surface area contributed by atoms with Crippen LogP contribution in [0.15, 0.2) is 53.7 Å². The Morgan fingerprint density at radius 1 is 1.03 bits per heavy atom. The molecule has 8 heteroatoms. The van der Waals surface area contributed by atoms with Crippen molar-refractivity contribution >= 4 is 17.6 Å². The van der Waals surface area contributed by atoms with Gasteiger partial charge in [0.1, 0.15) is 18.5 Å². The van der Waals surface area contributed by atoms with E-state index in [2.05, 4.69) is 72.3 Å². The maximum absolute atomic E-state index is 12.3. The molecule has 0 radical (unpaired) electrons. The molecular formula is C31H41N5O3. The molecule has 2 aliphatic heterocycles. The summed E-state index contributed by atoms with van der Waals surface area (Å²) in [4.78, 5) is 22.6. The zero-order valence-corrected chi connectivity index (χ0v) is 23.8. The SMILES string of the molecule is CN(C)C1CCN(CCOc2ccc(C#Cc3ccc(NC(=O)NC4=NOC(C(C)(C)C)C4)cc3)cc2)CC1. The zero-order chi connectivity index (χ0) is 27.8. The van der Waals surface area contributed by atoms with E-state index in [1.54, 1.807) is 0 Å². The van der Waals surface area contributed by atoms with Crippen molar-refractivity contribution in [3.8, 4) is 17.6 Å². The molecule has 0 aliphatic carbocycles. The van der Waals surface area contributed by atoms with Crippen LogP contribution in [0.1, 0.15) is 51.2 Å². The van der Waals surface area contributed by atoms with Gasteiger partial charge in [-0.05, 0) is 88.6 Å². The van der Waals surface area contributed by atoms with Crippen molar-refractivity contribution in [3.05, 3.63) is 59.7 Å². The molecule has 39 heavy (non-hydrogen) atoms. The van der Waals surface area contributed by atoms with E-state index < -0.39 is 0 Å². The third-order valence-electron chi connectivity index (χ3n) is 7.20. The molecule has 8 nitrogen and oxygen atoms in total. The minimum Gasteiger partial charge on any atom is -0.492 e. The number of hydrogen-bond acceptors (Lipinski definition) is 6. The van der Waals surface area contributed by atoms with Crippen molar-refractivity contribution in [2.75, 3.05) is 45.7 Å². The molecule has 2 N–H and O–H groups in total. The number of oxime groups is 1. The average molecular weight is 532 g/mol. The van der Waals surface area contributed by atoms with Gasteiger partial charge in [0.25, 0.3) is 0 Å². The number of amidine groups is 1. The first-order chi connectivity index (χ1) is 18.7. The number of benzene rings is 2. The smallest absolute Gasteiger partial charge is 0.324 e. The van der Waals surface area contributed by atoms with Crippen molar-refractivity contribution in [2.24, 2.45) is 10.6 Å². The number of nitrogens with one attached hydrogen (secondary N) is 2. The van der Waals surface area contributed by atoms with E-state index >= 15 is 0 Å². The molecule has 4 rings (SSSR count). The predicted octanol–water partition coefficient (Wildman–Crippen LogP) is 4.76. The van der Waals surface area contributed by atoms with Crippen LogP contribution in [0.25, 0.3) is 0 Å². The van der Waals surface area contributed by atoms with Crippen LogP contribution in [0.5, 0.6) is 5.75 Å². The van der Waals surface area contributed by atoms with Crippen molar-refractivity contribution in [3.63, 3.8) is 0 Å². The van der Waals surface area contributed by atoms with Gasteiger partial charge >= 0.3 is 6.03 Å². The molecule has 1 saturated heterocycles. The number of ether oxygens (including phenoxy) is 1. The summed E-state index contributed by atoms with van der Waals surface area (Å²) in [6.07, 6.45) is 2.98. The second-order valence-corrected chi connectivity index (χ2v) is 11.5. The number of piperidine rings is 1. The van der Waals surface area contributed by atoms with E-state index in [1.807, 2.05) is 48.5 Å². The second-order valence-electron chi connectivity index (χ2n) is 11.5. The fourth-order valence-corrected chi connectivity index (χ4v) is 4.58. The van der Waals surface area contributed by atoms with Crippen LogP contribution >= 0.6 is 0 Å². The van der Waals surface area contributed by atoms with Gasteiger partial charge in [-0.3, -0.25) is 10.2 Å². The molecule has 2 amide bonds. The summed E-state index contributed by atoms with van der Waals surface area (Å²) in [5.74, 6) is 7.75. The first-order valence-electron chi connectivity index (χ1n) is 13.7. The van der Waals surface area contributed by atoms with E-state index in [-0.39, 0.29) is 17.6 Å². The molecule has 2 heterocycles. The Bertz CT molecular complexity index is 1180. The molecule has 0 saturated carbocycles. The van der Waals surface area contributed by atoms with Crippen LogP contribution in [0.3, 0.4) is 0 Å². The lowest BCUT2D eigenvalue weighted by atomic mass is 9.87. The summed E-state index contributed by atoms with van der Waals surface area (Å²) in [5, 5.41) is 9.58. The molecule has 1 unspecified atom stereocenters. The highest BCUT2D eigenvalue weighted by Gasteiger charge is 2.33. The lowest BCUT2D eigenvalue weighted by Gasteiger charge is -2.35. The molecular weight excluding hydrogens is 490 g/mol. The first-order valence-corrected chi connectivity index (χ1v) is 13.7. The van der Waals surface area contributed by atoms with Crippen LogP contribution in [-0.2, 0) is 4.84 Å². The van der Waals surface area contributed by atoms with E-state index in [0.717, 1.165) is 36.5 Å². The number of amides is 2. The molecule has 2 aliphatic rings. The number of nitrogens with zero attached hydrogens (tertiary/aromatic N) is 3. The summed E-state index contributed by atoms with van der Waals surface area (Å²) in [6.45, 7) is 10.2. The molecule has 1 fully saturated rings. The van der Waals surface area contributed by atoms with Crippen LogP contribution < -0.4 is 15.4 Å². The van der Waals surface area contributed by atoms with Gasteiger partial charge in [-0.25, -0.2) is 4.79 Å². The normalized spacial score (nSPS) is 18.1. The van der Waals surface area contributed by atoms with Crippen LogP contribution in [0, 0.1) is 17.3 Å². The van der Waals surface area contributed by atoms with Crippen molar-refractivity contribution in [2.45, 2.75) is 52.2 Å². The summed E-state index contributed by atoms with van der Waals surface area (Å²) in [6, 6.07) is 15.7. The number of carbonyl (C=O) groups excluding carboxylic acids is 1. The Morgan fingerprint density at radius 2 is 1.64 bits per heavy atom. The van der Waals surface area contributed by atoms with Gasteiger partial charge in [0, 0.05) is 41.2 Å². The average Bonchev–Trinajstić information content (AvgIpc) is 3.38. The highest BCUT2D eigenvalue weighted by atomic mass is 16.6. The predicted molar refractivity (Wildman–Crippen MR) is 156 cm³/mol. The highest BCUT2D eigenvalue weighted by molar-refractivity contribution is 6.03. The Balaban J connectivity index is 1.18. The van der Waals surface area contributed by atoms with Gasteiger partial charge in [-0.1, -0.05) is 37.8 Å². The van der Waals surface area contributed by atoms with Crippen LogP contribution in [0.2, 0.25) is 0 Å². The quantitative estimate of drug-likeness (QED) is 0.526. The minimum absolute atomic E-state index is 0.0421. The number of likely N-dealkylation sites (tertiary alicyclic amines) is 1. The molecule has 1 atom stereocenters. The van der Waals surface area contributed by atoms with Gasteiger partial charge < -0.3 is 19.8 Å². The lowest BCUT2D eigenvalue weighted by molar-refractivity contribution is 0.00830. The standard InChI is InChI=1S/C31H41N5O3/c1-31(2,3)28-22-29(34-39-28)33-30(37)32-25-12-8-23(9-13-25)6-7-24-10-14-27(15-11-24)38-21-20-36-18-16-26(17-19-36)35(4)5/h8-15,26,28H,16-22H2,1-5H3,(H2,32,33,34,37). The van der Waals surface area contributed by atoms with E-state index in [4.69, 9.17) is 9.57 Å². The highest BCUT2D eigenvalue weighted by Crippen LogP contribution is 2.28. The Labute approximate surface area is 232 Å². The van der Waals surface area contributed by atoms with Crippen LogP contribution in [-0.4, -0.2) is 74.1 Å². The number of hydrogen-bond donors (Lipinski definition) is 2. The fourth-order valence-electron chi connectivity index (χ4n) is 4.58. The molecule has 0 spiro atoms. The van der Waals surface area contributed by atoms with E-state index in [0.29, 0.717) is 30.6 Å². The second kappa shape index (κ2) is 13.0. The lowest BCUT2D eigenvalue weighted by Crippen LogP contribution is -2.43. The van der Waals surface area contributed by atoms with Crippen molar-refractivity contribution in [1.82, 2.24) is 15.1 Å². The van der Waals surface area contributed by atoms with E-state index in [1.165, 1.54) is 12.8 Å². The third kappa shape index (κ3) is 8.74. The minimum atomic E-state index is -0.345. The van der Waals surface area contributed by atoms with Crippen molar-refractivity contribution < 1.29 is 14.4 Å². The topological polar surface area (TPSA) is 78.4 Å². The maximum Gasteiger partial charge on any atom is 0.324 e. The number of anilines is 1. The third-order valence-corrected chi connectivity index (χ3v) is 7.20. The number of rotatable bonds is 6. The first kappa shape index (κ1) is 28.5. The van der Waals surface area contributed by atoms with Crippen molar-refractivity contribution in [1.29, 1.82) is 0 Å². The summed E-state index contributed by atoms with van der Waals surface area (Å²) >= 11 is 0. The molecule has 0 aromatic heterocycles.